The summed E-state index contributed by atoms with van der Waals surface area (Å²) in [6.07, 6.45) is 5.57. The molecule has 0 saturated carbocycles. The molecule has 0 amide bonds. The molecule has 2 heteroatoms. The first-order valence-electron chi connectivity index (χ1n) is 6.56. The van der Waals surface area contributed by atoms with E-state index in [0.717, 1.165) is 24.2 Å². The monoisotopic (exact) mass is 243 g/mol. The average molecular weight is 243 g/mol. The lowest BCUT2D eigenvalue weighted by molar-refractivity contribution is 0.276. The first-order valence-corrected chi connectivity index (χ1v) is 6.56. The molecular formula is C16H21NO. The highest BCUT2D eigenvalue weighted by atomic mass is 16.5. The number of benzene rings is 1. The summed E-state index contributed by atoms with van der Waals surface area (Å²) in [6, 6.07) is 12.0. The van der Waals surface area contributed by atoms with Gasteiger partial charge in [0.1, 0.15) is 11.8 Å². The molecule has 0 radical (unpaired) electrons. The maximum absolute atomic E-state index is 9.30. The van der Waals surface area contributed by atoms with E-state index in [-0.39, 0.29) is 0 Å². The van der Waals surface area contributed by atoms with Crippen molar-refractivity contribution in [2.75, 3.05) is 7.11 Å². The van der Waals surface area contributed by atoms with Gasteiger partial charge in [0.05, 0.1) is 12.7 Å². The minimum Gasteiger partial charge on any atom is -0.500 e. The first kappa shape index (κ1) is 14.3. The molecule has 18 heavy (non-hydrogen) atoms. The van der Waals surface area contributed by atoms with Crippen LogP contribution >= 0.6 is 0 Å². The van der Waals surface area contributed by atoms with Gasteiger partial charge in [-0.05, 0) is 12.0 Å². The van der Waals surface area contributed by atoms with Crippen molar-refractivity contribution >= 4 is 5.57 Å². The molecule has 0 N–H and O–H groups in total. The van der Waals surface area contributed by atoms with E-state index in [9.17, 15) is 5.26 Å². The minimum absolute atomic E-state index is 0.662. The summed E-state index contributed by atoms with van der Waals surface area (Å²) in [5.41, 5.74) is 1.60. The standard InChI is InChI=1S/C16H21NO/c1-3-4-5-9-12-16(18-2)15(13-17)14-10-7-6-8-11-14/h6-8,10-11H,3-5,9,12H2,1-2H3/b16-15-. The Balaban J connectivity index is 2.80. The molecule has 1 aromatic carbocycles. The number of nitrogens with zero attached hydrogens (tertiary/aromatic N) is 1. The molecule has 1 aromatic rings. The number of hydrogen-bond acceptors (Lipinski definition) is 2. The van der Waals surface area contributed by atoms with Crippen LogP contribution in [0.15, 0.2) is 36.1 Å². The van der Waals surface area contributed by atoms with Gasteiger partial charge >= 0.3 is 0 Å². The zero-order valence-corrected chi connectivity index (χ0v) is 11.3. The quantitative estimate of drug-likeness (QED) is 0.400. The molecule has 0 saturated heterocycles. The van der Waals surface area contributed by atoms with Crippen molar-refractivity contribution in [1.82, 2.24) is 0 Å². The van der Waals surface area contributed by atoms with E-state index in [1.807, 2.05) is 30.3 Å². The van der Waals surface area contributed by atoms with Gasteiger partial charge in [0.25, 0.3) is 0 Å². The lowest BCUT2D eigenvalue weighted by atomic mass is 10.0. The molecule has 0 heterocycles. The molecule has 0 aliphatic heterocycles. The minimum atomic E-state index is 0.662. The molecular weight excluding hydrogens is 222 g/mol. The molecule has 0 aliphatic rings. The number of hydrogen-bond donors (Lipinski definition) is 0. The summed E-state index contributed by atoms with van der Waals surface area (Å²) < 4.78 is 5.40. The summed E-state index contributed by atoms with van der Waals surface area (Å²) in [7, 11) is 1.65. The van der Waals surface area contributed by atoms with Gasteiger partial charge in [0, 0.05) is 6.42 Å². The van der Waals surface area contributed by atoms with Crippen molar-refractivity contribution in [1.29, 1.82) is 5.26 Å². The Morgan fingerprint density at radius 2 is 1.89 bits per heavy atom. The number of nitriles is 1. The molecule has 0 aromatic heterocycles. The fraction of sp³-hybridized carbons (Fsp3) is 0.438. The molecule has 96 valence electrons. The van der Waals surface area contributed by atoms with Gasteiger partial charge in [0.2, 0.25) is 0 Å². The van der Waals surface area contributed by atoms with Gasteiger partial charge in [-0.1, -0.05) is 56.5 Å². The van der Waals surface area contributed by atoms with E-state index in [4.69, 9.17) is 4.74 Å². The van der Waals surface area contributed by atoms with Crippen molar-refractivity contribution in [3.8, 4) is 6.07 Å². The lowest BCUT2D eigenvalue weighted by Gasteiger charge is -2.09. The molecule has 0 fully saturated rings. The van der Waals surface area contributed by atoms with Gasteiger partial charge in [-0.25, -0.2) is 0 Å². The maximum atomic E-state index is 9.30. The van der Waals surface area contributed by atoms with Crippen LogP contribution in [0.3, 0.4) is 0 Å². The van der Waals surface area contributed by atoms with Crippen molar-refractivity contribution in [2.24, 2.45) is 0 Å². The van der Waals surface area contributed by atoms with Crippen LogP contribution in [0, 0.1) is 11.3 Å². The van der Waals surface area contributed by atoms with Crippen LogP contribution in [0.5, 0.6) is 0 Å². The van der Waals surface area contributed by atoms with Gasteiger partial charge in [0.15, 0.2) is 0 Å². The van der Waals surface area contributed by atoms with E-state index in [1.54, 1.807) is 7.11 Å². The van der Waals surface area contributed by atoms with Gasteiger partial charge in [-0.15, -0.1) is 0 Å². The molecule has 0 aliphatic carbocycles. The second-order valence-electron chi connectivity index (χ2n) is 4.29. The average Bonchev–Trinajstić information content (AvgIpc) is 2.43. The summed E-state index contributed by atoms with van der Waals surface area (Å²) in [5, 5.41) is 9.30. The summed E-state index contributed by atoms with van der Waals surface area (Å²) >= 11 is 0. The van der Waals surface area contributed by atoms with Crippen LogP contribution in [0.1, 0.15) is 44.6 Å². The smallest absolute Gasteiger partial charge is 0.114 e. The number of rotatable bonds is 7. The largest absolute Gasteiger partial charge is 0.500 e. The third kappa shape index (κ3) is 4.25. The van der Waals surface area contributed by atoms with Crippen molar-refractivity contribution in [3.63, 3.8) is 0 Å². The van der Waals surface area contributed by atoms with Crippen LogP contribution in [0.4, 0.5) is 0 Å². The fourth-order valence-corrected chi connectivity index (χ4v) is 1.93. The van der Waals surface area contributed by atoms with Crippen LogP contribution in [-0.2, 0) is 4.74 Å². The van der Waals surface area contributed by atoms with Crippen LogP contribution in [0.2, 0.25) is 0 Å². The van der Waals surface area contributed by atoms with E-state index >= 15 is 0 Å². The highest BCUT2D eigenvalue weighted by molar-refractivity contribution is 5.78. The SMILES string of the molecule is CCCCCC/C(OC)=C(\C#N)c1ccccc1. The summed E-state index contributed by atoms with van der Waals surface area (Å²) in [4.78, 5) is 0. The molecule has 0 atom stereocenters. The third-order valence-electron chi connectivity index (χ3n) is 2.96. The number of methoxy groups -OCH3 is 1. The Labute approximate surface area is 110 Å². The predicted molar refractivity (Wildman–Crippen MR) is 74.7 cm³/mol. The summed E-state index contributed by atoms with van der Waals surface area (Å²) in [5.74, 6) is 0.805. The molecule has 1 rings (SSSR count). The van der Waals surface area contributed by atoms with Crippen molar-refractivity contribution < 1.29 is 4.74 Å². The van der Waals surface area contributed by atoms with E-state index in [0.29, 0.717) is 5.57 Å². The molecule has 0 bridgehead atoms. The maximum Gasteiger partial charge on any atom is 0.114 e. The molecule has 2 nitrogen and oxygen atoms in total. The third-order valence-corrected chi connectivity index (χ3v) is 2.96. The Morgan fingerprint density at radius 3 is 2.44 bits per heavy atom. The second kappa shape index (κ2) is 8.36. The van der Waals surface area contributed by atoms with Crippen LogP contribution in [0.25, 0.3) is 5.57 Å². The topological polar surface area (TPSA) is 33.0 Å². The number of allylic oxidation sites excluding steroid dienone is 2. The molecule has 0 spiro atoms. The van der Waals surface area contributed by atoms with Crippen molar-refractivity contribution in [2.45, 2.75) is 39.0 Å². The second-order valence-corrected chi connectivity index (χ2v) is 4.29. The highest BCUT2D eigenvalue weighted by Crippen LogP contribution is 2.22. The lowest BCUT2D eigenvalue weighted by Crippen LogP contribution is -1.94. The zero-order valence-electron chi connectivity index (χ0n) is 11.3. The Kier molecular flexibility index (Phi) is 6.64. The fourth-order valence-electron chi connectivity index (χ4n) is 1.93. The first-order chi connectivity index (χ1) is 8.83. The Morgan fingerprint density at radius 1 is 1.17 bits per heavy atom. The zero-order chi connectivity index (χ0) is 13.2. The van der Waals surface area contributed by atoms with Gasteiger partial charge in [-0.3, -0.25) is 0 Å². The Hall–Kier alpha value is -1.75. The highest BCUT2D eigenvalue weighted by Gasteiger charge is 2.09. The summed E-state index contributed by atoms with van der Waals surface area (Å²) in [6.45, 7) is 2.19. The number of ether oxygens (including phenoxy) is 1. The van der Waals surface area contributed by atoms with E-state index < -0.39 is 0 Å². The number of unbranched alkanes of at least 4 members (excludes halogenated alkanes) is 3. The van der Waals surface area contributed by atoms with Gasteiger partial charge < -0.3 is 4.74 Å². The predicted octanol–water partition coefficient (Wildman–Crippen LogP) is 4.54. The normalized spacial score (nSPS) is 11.6. The van der Waals surface area contributed by atoms with Crippen molar-refractivity contribution in [3.05, 3.63) is 41.7 Å². The Bertz CT molecular complexity index is 414. The van der Waals surface area contributed by atoms with Crippen LogP contribution < -0.4 is 0 Å². The van der Waals surface area contributed by atoms with Gasteiger partial charge in [-0.2, -0.15) is 5.26 Å². The van der Waals surface area contributed by atoms with E-state index in [1.165, 1.54) is 19.3 Å². The van der Waals surface area contributed by atoms with E-state index in [2.05, 4.69) is 13.0 Å². The molecule has 0 unspecified atom stereocenters. The van der Waals surface area contributed by atoms with Crippen LogP contribution in [-0.4, -0.2) is 7.11 Å².